The molecule has 13 heteroatoms. The van der Waals surface area contributed by atoms with Crippen LogP contribution in [0.1, 0.15) is 13.3 Å². The number of aliphatic carboxylic acids is 1. The molecule has 3 atom stereocenters. The number of carboxylic acid groups (broad SMARTS) is 1. The van der Waals surface area contributed by atoms with Gasteiger partial charge in [-0.05, 0) is 25.4 Å². The van der Waals surface area contributed by atoms with Gasteiger partial charge in [0.2, 0.25) is 0 Å². The third-order valence-electron chi connectivity index (χ3n) is 3.68. The molecule has 5 N–H and O–H groups in total. The number of anilines is 1. The van der Waals surface area contributed by atoms with Gasteiger partial charge in [0.25, 0.3) is 7.52 Å². The van der Waals surface area contributed by atoms with Crippen LogP contribution in [0, 0.1) is 0 Å². The molecule has 2 aromatic heterocycles. The lowest BCUT2D eigenvalue weighted by molar-refractivity contribution is -0.139. The maximum atomic E-state index is 12.2. The van der Waals surface area contributed by atoms with Crippen molar-refractivity contribution in [3.8, 4) is 0 Å². The average molecular weight is 418 g/mol. The molecule has 150 valence electrons. The molecule has 2 heterocycles. The number of aromatic nitrogens is 4. The van der Waals surface area contributed by atoms with Crippen LogP contribution in [0.3, 0.4) is 0 Å². The quantitative estimate of drug-likeness (QED) is 0.380. The Labute approximate surface area is 160 Å². The van der Waals surface area contributed by atoms with E-state index in [0.29, 0.717) is 23.5 Å². The number of hydrogen-bond acceptors (Lipinski definition) is 8. The number of carbonyl (C=O) groups is 1. The van der Waals surface area contributed by atoms with Crippen LogP contribution in [0.2, 0.25) is 0 Å². The van der Waals surface area contributed by atoms with Crippen molar-refractivity contribution in [1.82, 2.24) is 24.6 Å². The molecule has 0 aromatic carbocycles. The van der Waals surface area contributed by atoms with Crippen LogP contribution in [-0.2, 0) is 20.6 Å². The number of imidazole rings is 1. The number of nitrogens with two attached hydrogens (primary N) is 1. The molecule has 0 saturated heterocycles. The molecular formula is C14H23N6O5PS. The third kappa shape index (κ3) is 6.15. The highest BCUT2D eigenvalue weighted by Crippen LogP contribution is 2.37. The zero-order valence-corrected chi connectivity index (χ0v) is 16.7. The van der Waals surface area contributed by atoms with Crippen LogP contribution in [-0.4, -0.2) is 66.0 Å². The molecule has 0 spiro atoms. The molecule has 1 unspecified atom stereocenters. The normalized spacial score (nSPS) is 16.1. The summed E-state index contributed by atoms with van der Waals surface area (Å²) in [6.45, 7) is 2.04. The minimum atomic E-state index is -3.98. The van der Waals surface area contributed by atoms with Crippen LogP contribution >= 0.6 is 19.3 Å². The Morgan fingerprint density at radius 1 is 1.48 bits per heavy atom. The molecule has 0 saturated carbocycles. The van der Waals surface area contributed by atoms with Gasteiger partial charge in [-0.25, -0.2) is 20.0 Å². The van der Waals surface area contributed by atoms with E-state index in [4.69, 9.17) is 15.6 Å². The second kappa shape index (κ2) is 9.47. The number of carboxylic acids is 1. The summed E-state index contributed by atoms with van der Waals surface area (Å²) in [5.74, 6) is -0.352. The van der Waals surface area contributed by atoms with Gasteiger partial charge in [0.15, 0.2) is 11.5 Å². The number of nitrogens with one attached hydrogen (secondary N) is 1. The number of nitrogen functional groups attached to an aromatic ring is 1. The maximum Gasteiger partial charge on any atom is 0.321 e. The summed E-state index contributed by atoms with van der Waals surface area (Å²) in [5, 5.41) is 11.5. The first-order valence-corrected chi connectivity index (χ1v) is 11.3. The maximum absolute atomic E-state index is 12.2. The van der Waals surface area contributed by atoms with Crippen molar-refractivity contribution in [3.05, 3.63) is 12.7 Å². The summed E-state index contributed by atoms with van der Waals surface area (Å²) >= 11 is 1.46. The van der Waals surface area contributed by atoms with E-state index in [-0.39, 0.29) is 12.2 Å². The summed E-state index contributed by atoms with van der Waals surface area (Å²) in [6.07, 6.45) is 3.97. The van der Waals surface area contributed by atoms with Crippen molar-refractivity contribution in [3.63, 3.8) is 0 Å². The van der Waals surface area contributed by atoms with Crippen molar-refractivity contribution >= 4 is 42.2 Å². The first-order chi connectivity index (χ1) is 12.7. The predicted octanol–water partition coefficient (Wildman–Crippen LogP) is 0.752. The average Bonchev–Trinajstić information content (AvgIpc) is 3.01. The number of hydrogen-bond donors (Lipinski definition) is 4. The molecule has 27 heavy (non-hydrogen) atoms. The number of nitrogens with zero attached hydrogens (tertiary/aromatic N) is 4. The highest BCUT2D eigenvalue weighted by molar-refractivity contribution is 7.98. The van der Waals surface area contributed by atoms with E-state index in [2.05, 4.69) is 20.0 Å². The minimum absolute atomic E-state index is 0.235. The van der Waals surface area contributed by atoms with Gasteiger partial charge in [-0.15, -0.1) is 0 Å². The second-order valence-electron chi connectivity index (χ2n) is 5.94. The topological polar surface area (TPSA) is 165 Å². The number of ether oxygens (including phenoxy) is 1. The van der Waals surface area contributed by atoms with Crippen LogP contribution in [0.15, 0.2) is 12.7 Å². The molecule has 2 aromatic rings. The molecule has 0 bridgehead atoms. The molecule has 0 radical (unpaired) electrons. The smallest absolute Gasteiger partial charge is 0.321 e. The minimum Gasteiger partial charge on any atom is -0.480 e. The fourth-order valence-corrected chi connectivity index (χ4v) is 4.08. The monoisotopic (exact) mass is 418 g/mol. The highest BCUT2D eigenvalue weighted by atomic mass is 32.2. The predicted molar refractivity (Wildman–Crippen MR) is 103 cm³/mol. The van der Waals surface area contributed by atoms with Crippen LogP contribution in [0.25, 0.3) is 11.2 Å². The van der Waals surface area contributed by atoms with Crippen LogP contribution in [0.5, 0.6) is 0 Å². The summed E-state index contributed by atoms with van der Waals surface area (Å²) in [5.41, 5.74) is 6.74. The Hall–Kier alpha value is -1.72. The van der Waals surface area contributed by atoms with Gasteiger partial charge in [0, 0.05) is 0 Å². The molecule has 0 aliphatic rings. The van der Waals surface area contributed by atoms with Gasteiger partial charge in [-0.2, -0.15) is 11.8 Å². The standard InChI is InChI=1S/C14H23N6O5PS/c1-9(5-20-7-18-11-12(15)16-6-17-13(11)20)25-8-26(23,24)19-10(14(21)22)3-4-27-2/h6-7,9-10H,3-5,8H2,1-2H3,(H,21,22)(H2,15,16,17)(H2,19,23,24)/t9-,10+/m1/s1. The molecule has 0 aliphatic heterocycles. The van der Waals surface area contributed by atoms with Gasteiger partial charge in [-0.1, -0.05) is 0 Å². The Morgan fingerprint density at radius 3 is 2.89 bits per heavy atom. The SMILES string of the molecule is CSCC[C@H](NP(=O)(O)CO[C@H](C)Cn1cnc2c(N)ncnc21)C(=O)O. The van der Waals surface area contributed by atoms with E-state index in [1.165, 1.54) is 24.4 Å². The summed E-state index contributed by atoms with van der Waals surface area (Å²) < 4.78 is 19.4. The zero-order chi connectivity index (χ0) is 20.0. The third-order valence-corrected chi connectivity index (χ3v) is 5.54. The van der Waals surface area contributed by atoms with E-state index in [9.17, 15) is 14.3 Å². The number of thioether (sulfide) groups is 1. The van der Waals surface area contributed by atoms with E-state index in [1.807, 2.05) is 6.26 Å². The van der Waals surface area contributed by atoms with E-state index < -0.39 is 32.0 Å². The van der Waals surface area contributed by atoms with Crippen molar-refractivity contribution in [1.29, 1.82) is 0 Å². The Bertz CT molecular complexity index is 833. The van der Waals surface area contributed by atoms with Gasteiger partial charge in [-0.3, -0.25) is 9.36 Å². The zero-order valence-electron chi connectivity index (χ0n) is 15.0. The Kier molecular flexibility index (Phi) is 7.57. The largest absolute Gasteiger partial charge is 0.480 e. The van der Waals surface area contributed by atoms with Gasteiger partial charge in [0.1, 0.15) is 24.2 Å². The molecule has 0 amide bonds. The summed E-state index contributed by atoms with van der Waals surface area (Å²) in [7, 11) is -3.98. The van der Waals surface area contributed by atoms with Crippen LogP contribution in [0.4, 0.5) is 5.82 Å². The van der Waals surface area contributed by atoms with Crippen molar-refractivity contribution in [2.75, 3.05) is 24.1 Å². The number of rotatable bonds is 11. The van der Waals surface area contributed by atoms with Gasteiger partial charge >= 0.3 is 5.97 Å². The fraction of sp³-hybridized carbons (Fsp3) is 0.571. The molecule has 2 rings (SSSR count). The number of fused-ring (bicyclic) bond motifs is 1. The van der Waals surface area contributed by atoms with E-state index in [1.54, 1.807) is 11.5 Å². The highest BCUT2D eigenvalue weighted by Gasteiger charge is 2.28. The van der Waals surface area contributed by atoms with Crippen molar-refractivity contribution in [2.24, 2.45) is 0 Å². The van der Waals surface area contributed by atoms with E-state index in [0.717, 1.165) is 0 Å². The van der Waals surface area contributed by atoms with Crippen LogP contribution < -0.4 is 10.8 Å². The summed E-state index contributed by atoms with van der Waals surface area (Å²) in [6, 6.07) is -1.11. The van der Waals surface area contributed by atoms with Gasteiger partial charge < -0.3 is 25.0 Å². The van der Waals surface area contributed by atoms with Gasteiger partial charge in [0.05, 0.1) is 19.0 Å². The Morgan fingerprint density at radius 2 is 2.22 bits per heavy atom. The first kappa shape index (κ1) is 21.6. The lowest BCUT2D eigenvalue weighted by Crippen LogP contribution is -2.36. The lowest BCUT2D eigenvalue weighted by atomic mass is 10.2. The first-order valence-electron chi connectivity index (χ1n) is 8.07. The molecule has 11 nitrogen and oxygen atoms in total. The van der Waals surface area contributed by atoms with E-state index >= 15 is 0 Å². The summed E-state index contributed by atoms with van der Waals surface area (Å²) in [4.78, 5) is 33.3. The Balaban J connectivity index is 1.93. The molecule has 0 fully saturated rings. The van der Waals surface area contributed by atoms with Crippen molar-refractivity contribution < 1.29 is 24.1 Å². The second-order valence-corrected chi connectivity index (χ2v) is 8.84. The molecule has 0 aliphatic carbocycles. The molecular weight excluding hydrogens is 395 g/mol. The van der Waals surface area contributed by atoms with Crippen molar-refractivity contribution in [2.45, 2.75) is 32.0 Å². The lowest BCUT2D eigenvalue weighted by Gasteiger charge is -2.21. The fourth-order valence-electron chi connectivity index (χ4n) is 2.35.